The Morgan fingerprint density at radius 3 is 2.69 bits per heavy atom. The van der Waals surface area contributed by atoms with Gasteiger partial charge in [-0.1, -0.05) is 6.07 Å². The van der Waals surface area contributed by atoms with Gasteiger partial charge < -0.3 is 14.8 Å². The van der Waals surface area contributed by atoms with Gasteiger partial charge in [-0.3, -0.25) is 9.78 Å². The molecule has 0 atom stereocenters. The Kier molecular flexibility index (Phi) is 6.52. The van der Waals surface area contributed by atoms with E-state index in [1.165, 1.54) is 35.0 Å². The molecule has 0 spiro atoms. The minimum Gasteiger partial charge on any atom is -0.451 e. The lowest BCUT2D eigenvalue weighted by Gasteiger charge is -2.26. The molecule has 1 aliphatic rings. The summed E-state index contributed by atoms with van der Waals surface area (Å²) in [6, 6.07) is 4.49. The van der Waals surface area contributed by atoms with Gasteiger partial charge >= 0.3 is 5.97 Å². The van der Waals surface area contributed by atoms with E-state index in [9.17, 15) is 18.0 Å². The number of aryl methyl sites for hydroxylation is 1. The summed E-state index contributed by atoms with van der Waals surface area (Å²) >= 11 is 0. The Bertz CT molecular complexity index is 991. The molecule has 1 fully saturated rings. The number of nitrogens with one attached hydrogen (secondary N) is 1. The average molecular weight is 420 g/mol. The van der Waals surface area contributed by atoms with Crippen molar-refractivity contribution in [3.63, 3.8) is 0 Å². The summed E-state index contributed by atoms with van der Waals surface area (Å²) in [5.41, 5.74) is 0.967. The molecule has 0 radical (unpaired) electrons. The minimum atomic E-state index is -3.70. The summed E-state index contributed by atoms with van der Waals surface area (Å²) in [4.78, 5) is 31.6. The van der Waals surface area contributed by atoms with Gasteiger partial charge in [-0.2, -0.15) is 4.31 Å². The largest absolute Gasteiger partial charge is 0.451 e. The van der Waals surface area contributed by atoms with Crippen LogP contribution in [-0.4, -0.2) is 67.5 Å². The van der Waals surface area contributed by atoms with E-state index >= 15 is 0 Å². The summed E-state index contributed by atoms with van der Waals surface area (Å²) in [5.74, 6) is -1.39. The highest BCUT2D eigenvalue weighted by atomic mass is 32.2. The van der Waals surface area contributed by atoms with Gasteiger partial charge in [-0.15, -0.1) is 0 Å². The standard InChI is InChI=1S/C18H20N4O6S/c1-13-2-3-14(29(25,26)22-6-8-27-9-7-22)10-15(13)21-17(23)12-28-18(24)16-11-19-4-5-20-16/h2-5,10-11H,6-9,12H2,1H3,(H,21,23). The van der Waals surface area contributed by atoms with Crippen LogP contribution < -0.4 is 5.32 Å². The fourth-order valence-electron chi connectivity index (χ4n) is 2.63. The number of ether oxygens (including phenoxy) is 2. The Labute approximate surface area is 167 Å². The molecule has 0 unspecified atom stereocenters. The second-order valence-electron chi connectivity index (χ2n) is 6.21. The lowest BCUT2D eigenvalue weighted by molar-refractivity contribution is -0.119. The third-order valence-electron chi connectivity index (χ3n) is 4.20. The molecule has 154 valence electrons. The van der Waals surface area contributed by atoms with Crippen molar-refractivity contribution in [2.24, 2.45) is 0 Å². The van der Waals surface area contributed by atoms with Crippen LogP contribution in [0.2, 0.25) is 0 Å². The maximum atomic E-state index is 12.8. The van der Waals surface area contributed by atoms with Gasteiger partial charge in [-0.25, -0.2) is 18.2 Å². The molecular formula is C18H20N4O6S. The van der Waals surface area contributed by atoms with Crippen molar-refractivity contribution < 1.29 is 27.5 Å². The van der Waals surface area contributed by atoms with E-state index in [1.54, 1.807) is 13.0 Å². The number of aromatic nitrogens is 2. The van der Waals surface area contributed by atoms with Crippen LogP contribution in [0.4, 0.5) is 5.69 Å². The van der Waals surface area contributed by atoms with Crippen molar-refractivity contribution in [1.29, 1.82) is 0 Å². The number of amides is 1. The lowest BCUT2D eigenvalue weighted by atomic mass is 10.2. The third-order valence-corrected chi connectivity index (χ3v) is 6.09. The number of anilines is 1. The van der Waals surface area contributed by atoms with E-state index in [0.717, 1.165) is 0 Å². The quantitative estimate of drug-likeness (QED) is 0.673. The maximum absolute atomic E-state index is 12.8. The topological polar surface area (TPSA) is 128 Å². The minimum absolute atomic E-state index is 0.0184. The third kappa shape index (κ3) is 5.13. The normalized spacial score (nSPS) is 14.9. The van der Waals surface area contributed by atoms with Crippen molar-refractivity contribution in [2.45, 2.75) is 11.8 Å². The van der Waals surface area contributed by atoms with Crippen LogP contribution in [0, 0.1) is 6.92 Å². The molecule has 3 rings (SSSR count). The molecule has 2 aromatic rings. The molecule has 1 amide bonds. The smallest absolute Gasteiger partial charge is 0.359 e. The zero-order valence-electron chi connectivity index (χ0n) is 15.7. The summed E-state index contributed by atoms with van der Waals surface area (Å²) in [7, 11) is -3.70. The molecule has 29 heavy (non-hydrogen) atoms. The molecule has 1 saturated heterocycles. The Hall–Kier alpha value is -2.89. The highest BCUT2D eigenvalue weighted by Crippen LogP contribution is 2.23. The molecule has 1 aromatic carbocycles. The molecular weight excluding hydrogens is 400 g/mol. The number of benzene rings is 1. The van der Waals surface area contributed by atoms with Crippen LogP contribution in [0.1, 0.15) is 16.1 Å². The van der Waals surface area contributed by atoms with E-state index in [-0.39, 0.29) is 23.7 Å². The molecule has 1 aliphatic heterocycles. The van der Waals surface area contributed by atoms with Gasteiger partial charge in [0.1, 0.15) is 0 Å². The van der Waals surface area contributed by atoms with Crippen LogP contribution in [0.3, 0.4) is 0 Å². The van der Waals surface area contributed by atoms with E-state index in [4.69, 9.17) is 9.47 Å². The number of rotatable bonds is 6. The Morgan fingerprint density at radius 1 is 1.24 bits per heavy atom. The Morgan fingerprint density at radius 2 is 2.00 bits per heavy atom. The summed E-state index contributed by atoms with van der Waals surface area (Å²) in [6.45, 7) is 2.41. The monoisotopic (exact) mass is 420 g/mol. The van der Waals surface area contributed by atoms with Gasteiger partial charge in [0.2, 0.25) is 10.0 Å². The van der Waals surface area contributed by atoms with Crippen LogP contribution in [-0.2, 0) is 24.3 Å². The van der Waals surface area contributed by atoms with Gasteiger partial charge in [0.25, 0.3) is 5.91 Å². The fraction of sp³-hybridized carbons (Fsp3) is 0.333. The van der Waals surface area contributed by atoms with Crippen molar-refractivity contribution in [3.8, 4) is 0 Å². The molecule has 0 bridgehead atoms. The first-order valence-electron chi connectivity index (χ1n) is 8.79. The van der Waals surface area contributed by atoms with Crippen LogP contribution in [0.15, 0.2) is 41.7 Å². The molecule has 0 saturated carbocycles. The predicted octanol–water partition coefficient (Wildman–Crippen LogP) is 0.601. The Balaban J connectivity index is 1.66. The first kappa shape index (κ1) is 20.8. The number of hydrogen-bond donors (Lipinski definition) is 1. The number of carbonyl (C=O) groups excluding carboxylic acids is 2. The van der Waals surface area contributed by atoms with Gasteiger partial charge in [0.05, 0.1) is 24.3 Å². The fourth-order valence-corrected chi connectivity index (χ4v) is 4.06. The van der Waals surface area contributed by atoms with Crippen molar-refractivity contribution in [3.05, 3.63) is 48.0 Å². The number of sulfonamides is 1. The number of carbonyl (C=O) groups is 2. The van der Waals surface area contributed by atoms with E-state index < -0.39 is 28.5 Å². The van der Waals surface area contributed by atoms with Crippen LogP contribution in [0.5, 0.6) is 0 Å². The maximum Gasteiger partial charge on any atom is 0.359 e. The summed E-state index contributed by atoms with van der Waals surface area (Å²) in [5, 5.41) is 2.57. The summed E-state index contributed by atoms with van der Waals surface area (Å²) in [6.07, 6.45) is 3.97. The lowest BCUT2D eigenvalue weighted by Crippen LogP contribution is -2.40. The van der Waals surface area contributed by atoms with E-state index in [0.29, 0.717) is 24.5 Å². The first-order chi connectivity index (χ1) is 13.9. The van der Waals surface area contributed by atoms with Gasteiger partial charge in [0.15, 0.2) is 12.3 Å². The van der Waals surface area contributed by atoms with Gasteiger partial charge in [0, 0.05) is 31.2 Å². The number of hydrogen-bond acceptors (Lipinski definition) is 8. The number of morpholine rings is 1. The number of esters is 1. The molecule has 11 heteroatoms. The first-order valence-corrected chi connectivity index (χ1v) is 10.2. The van der Waals surface area contributed by atoms with Crippen molar-refractivity contribution in [1.82, 2.24) is 14.3 Å². The molecule has 1 N–H and O–H groups in total. The number of nitrogens with zero attached hydrogens (tertiary/aromatic N) is 3. The van der Waals surface area contributed by atoms with E-state index in [2.05, 4.69) is 15.3 Å². The van der Waals surface area contributed by atoms with E-state index in [1.807, 2.05) is 0 Å². The highest BCUT2D eigenvalue weighted by molar-refractivity contribution is 7.89. The molecule has 0 aliphatic carbocycles. The molecule has 10 nitrogen and oxygen atoms in total. The summed E-state index contributed by atoms with van der Waals surface area (Å²) < 4.78 is 37.0. The molecule has 2 heterocycles. The average Bonchev–Trinajstić information content (AvgIpc) is 2.74. The SMILES string of the molecule is Cc1ccc(S(=O)(=O)N2CCOCC2)cc1NC(=O)COC(=O)c1cnccn1. The highest BCUT2D eigenvalue weighted by Gasteiger charge is 2.27. The van der Waals surface area contributed by atoms with Crippen LogP contribution >= 0.6 is 0 Å². The second kappa shape index (κ2) is 9.07. The van der Waals surface area contributed by atoms with Crippen molar-refractivity contribution in [2.75, 3.05) is 38.2 Å². The zero-order chi connectivity index (χ0) is 20.9. The van der Waals surface area contributed by atoms with Crippen molar-refractivity contribution >= 4 is 27.6 Å². The zero-order valence-corrected chi connectivity index (χ0v) is 16.5. The van der Waals surface area contributed by atoms with Gasteiger partial charge in [-0.05, 0) is 24.6 Å². The second-order valence-corrected chi connectivity index (χ2v) is 8.15. The molecule has 1 aromatic heterocycles. The predicted molar refractivity (Wildman–Crippen MR) is 102 cm³/mol. The van der Waals surface area contributed by atoms with Crippen LogP contribution in [0.25, 0.3) is 0 Å².